The summed E-state index contributed by atoms with van der Waals surface area (Å²) in [6, 6.07) is 14.5. The monoisotopic (exact) mass is 290 g/mol. The summed E-state index contributed by atoms with van der Waals surface area (Å²) in [6.45, 7) is 4.75. The number of hydrogen-bond acceptors (Lipinski definition) is 1. The molecule has 0 atom stereocenters. The third-order valence-electron chi connectivity index (χ3n) is 2.56. The molecular formula is C15H15BrO. The molecule has 0 heterocycles. The van der Waals surface area contributed by atoms with Crippen molar-refractivity contribution in [2.45, 2.75) is 20.5 Å². The van der Waals surface area contributed by atoms with Crippen molar-refractivity contribution in [1.82, 2.24) is 0 Å². The maximum absolute atomic E-state index is 5.79. The first-order valence-electron chi connectivity index (χ1n) is 5.59. The van der Waals surface area contributed by atoms with Gasteiger partial charge in [0.15, 0.2) is 0 Å². The zero-order chi connectivity index (χ0) is 12.3. The van der Waals surface area contributed by atoms with E-state index < -0.39 is 0 Å². The van der Waals surface area contributed by atoms with Crippen LogP contribution in [0, 0.1) is 13.8 Å². The number of aryl methyl sites for hydroxylation is 2. The lowest BCUT2D eigenvalue weighted by molar-refractivity contribution is 0.304. The molecule has 0 spiro atoms. The fourth-order valence-corrected chi connectivity index (χ4v) is 2.29. The molecule has 2 aromatic rings. The maximum Gasteiger partial charge on any atom is 0.134 e. The minimum atomic E-state index is 0.601. The Kier molecular flexibility index (Phi) is 3.85. The molecule has 2 aromatic carbocycles. The lowest BCUT2D eigenvalue weighted by Crippen LogP contribution is -1.96. The average Bonchev–Trinajstić information content (AvgIpc) is 2.28. The van der Waals surface area contributed by atoms with Gasteiger partial charge >= 0.3 is 0 Å². The van der Waals surface area contributed by atoms with Crippen molar-refractivity contribution in [3.05, 3.63) is 63.6 Å². The second-order valence-electron chi connectivity index (χ2n) is 4.21. The predicted octanol–water partition coefficient (Wildman–Crippen LogP) is 4.64. The van der Waals surface area contributed by atoms with Crippen molar-refractivity contribution in [2.75, 3.05) is 0 Å². The normalized spacial score (nSPS) is 10.3. The third-order valence-corrected chi connectivity index (χ3v) is 3.18. The highest BCUT2D eigenvalue weighted by Gasteiger charge is 2.01. The number of benzene rings is 2. The van der Waals surface area contributed by atoms with Gasteiger partial charge in [-0.1, -0.05) is 35.9 Å². The summed E-state index contributed by atoms with van der Waals surface area (Å²) in [5.41, 5.74) is 3.67. The van der Waals surface area contributed by atoms with Crippen molar-refractivity contribution in [3.63, 3.8) is 0 Å². The van der Waals surface area contributed by atoms with Gasteiger partial charge in [-0.2, -0.15) is 0 Å². The fraction of sp³-hybridized carbons (Fsp3) is 0.200. The molecule has 88 valence electrons. The summed E-state index contributed by atoms with van der Waals surface area (Å²) in [6.07, 6.45) is 0. The molecule has 0 saturated carbocycles. The van der Waals surface area contributed by atoms with Crippen LogP contribution >= 0.6 is 15.9 Å². The Labute approximate surface area is 111 Å². The molecule has 0 bridgehead atoms. The van der Waals surface area contributed by atoms with Gasteiger partial charge in [-0.3, -0.25) is 0 Å². The van der Waals surface area contributed by atoms with Crippen LogP contribution in [0.5, 0.6) is 5.75 Å². The summed E-state index contributed by atoms with van der Waals surface area (Å²) >= 11 is 3.51. The highest BCUT2D eigenvalue weighted by atomic mass is 79.9. The largest absolute Gasteiger partial charge is 0.488 e. The molecule has 0 fully saturated rings. The molecule has 0 unspecified atom stereocenters. The smallest absolute Gasteiger partial charge is 0.134 e. The van der Waals surface area contributed by atoms with Crippen molar-refractivity contribution >= 4 is 15.9 Å². The van der Waals surface area contributed by atoms with E-state index in [9.17, 15) is 0 Å². The Hall–Kier alpha value is -1.28. The van der Waals surface area contributed by atoms with Crippen LogP contribution in [-0.2, 0) is 6.61 Å². The minimum Gasteiger partial charge on any atom is -0.488 e. The van der Waals surface area contributed by atoms with Gasteiger partial charge in [0, 0.05) is 0 Å². The van der Waals surface area contributed by atoms with Gasteiger partial charge in [0.2, 0.25) is 0 Å². The molecule has 0 amide bonds. The summed E-state index contributed by atoms with van der Waals surface area (Å²) in [5.74, 6) is 0.886. The second-order valence-corrected chi connectivity index (χ2v) is 5.07. The first kappa shape index (κ1) is 12.2. The molecule has 0 aliphatic heterocycles. The van der Waals surface area contributed by atoms with E-state index >= 15 is 0 Å². The van der Waals surface area contributed by atoms with Crippen LogP contribution in [0.3, 0.4) is 0 Å². The van der Waals surface area contributed by atoms with Gasteiger partial charge in [-0.05, 0) is 53.0 Å². The van der Waals surface area contributed by atoms with Gasteiger partial charge in [0.1, 0.15) is 12.4 Å². The van der Waals surface area contributed by atoms with Crippen LogP contribution in [0.2, 0.25) is 0 Å². The lowest BCUT2D eigenvalue weighted by Gasteiger charge is -2.09. The van der Waals surface area contributed by atoms with E-state index in [2.05, 4.69) is 66.2 Å². The molecule has 0 aromatic heterocycles. The number of hydrogen-bond donors (Lipinski definition) is 0. The summed E-state index contributed by atoms with van der Waals surface area (Å²) in [7, 11) is 0. The third kappa shape index (κ3) is 3.34. The van der Waals surface area contributed by atoms with Crippen LogP contribution in [0.25, 0.3) is 0 Å². The average molecular weight is 291 g/mol. The highest BCUT2D eigenvalue weighted by Crippen LogP contribution is 2.26. The van der Waals surface area contributed by atoms with Gasteiger partial charge in [-0.25, -0.2) is 0 Å². The molecule has 0 aliphatic carbocycles. The fourth-order valence-electron chi connectivity index (χ4n) is 1.69. The van der Waals surface area contributed by atoms with E-state index in [0.29, 0.717) is 6.61 Å². The Morgan fingerprint density at radius 3 is 2.47 bits per heavy atom. The quantitative estimate of drug-likeness (QED) is 0.800. The predicted molar refractivity (Wildman–Crippen MR) is 74.4 cm³/mol. The van der Waals surface area contributed by atoms with Crippen LogP contribution in [0.1, 0.15) is 16.7 Å². The number of halogens is 1. The number of ether oxygens (including phenoxy) is 1. The molecule has 1 nitrogen and oxygen atoms in total. The Morgan fingerprint density at radius 2 is 1.76 bits per heavy atom. The zero-order valence-electron chi connectivity index (χ0n) is 10.0. The van der Waals surface area contributed by atoms with Crippen molar-refractivity contribution in [3.8, 4) is 5.75 Å². The molecule has 2 heteroatoms. The van der Waals surface area contributed by atoms with Crippen molar-refractivity contribution < 1.29 is 4.74 Å². The van der Waals surface area contributed by atoms with Crippen molar-refractivity contribution in [1.29, 1.82) is 0 Å². The van der Waals surface area contributed by atoms with Gasteiger partial charge in [-0.15, -0.1) is 0 Å². The molecular weight excluding hydrogens is 276 g/mol. The van der Waals surface area contributed by atoms with Crippen LogP contribution in [0.15, 0.2) is 46.9 Å². The highest BCUT2D eigenvalue weighted by molar-refractivity contribution is 9.10. The lowest BCUT2D eigenvalue weighted by atomic mass is 10.1. The Bertz CT molecular complexity index is 520. The van der Waals surface area contributed by atoms with Crippen LogP contribution < -0.4 is 4.74 Å². The molecule has 2 rings (SSSR count). The van der Waals surface area contributed by atoms with E-state index in [1.807, 2.05) is 6.07 Å². The Morgan fingerprint density at radius 1 is 1.00 bits per heavy atom. The van der Waals surface area contributed by atoms with Gasteiger partial charge in [0.25, 0.3) is 0 Å². The van der Waals surface area contributed by atoms with Crippen LogP contribution in [-0.4, -0.2) is 0 Å². The van der Waals surface area contributed by atoms with E-state index in [4.69, 9.17) is 4.74 Å². The maximum atomic E-state index is 5.79. The summed E-state index contributed by atoms with van der Waals surface area (Å²) < 4.78 is 6.79. The standard InChI is InChI=1S/C15H15BrO/c1-11-4-3-5-13(8-11)10-17-15-7-6-12(2)9-14(15)16/h3-9H,10H2,1-2H3. The SMILES string of the molecule is Cc1cccc(COc2ccc(C)cc2Br)c1. The summed E-state index contributed by atoms with van der Waals surface area (Å²) in [4.78, 5) is 0. The topological polar surface area (TPSA) is 9.23 Å². The van der Waals surface area contributed by atoms with E-state index in [-0.39, 0.29) is 0 Å². The molecule has 17 heavy (non-hydrogen) atoms. The van der Waals surface area contributed by atoms with Gasteiger partial charge < -0.3 is 4.74 Å². The van der Waals surface area contributed by atoms with E-state index in [1.165, 1.54) is 16.7 Å². The first-order chi connectivity index (χ1) is 8.15. The van der Waals surface area contributed by atoms with Gasteiger partial charge in [0.05, 0.1) is 4.47 Å². The van der Waals surface area contributed by atoms with Crippen LogP contribution in [0.4, 0.5) is 0 Å². The molecule has 0 N–H and O–H groups in total. The van der Waals surface area contributed by atoms with E-state index in [0.717, 1.165) is 10.2 Å². The molecule has 0 aliphatic rings. The molecule has 0 saturated heterocycles. The van der Waals surface area contributed by atoms with Crippen molar-refractivity contribution in [2.24, 2.45) is 0 Å². The van der Waals surface area contributed by atoms with E-state index in [1.54, 1.807) is 0 Å². The zero-order valence-corrected chi connectivity index (χ0v) is 11.6. The number of rotatable bonds is 3. The minimum absolute atomic E-state index is 0.601. The summed E-state index contributed by atoms with van der Waals surface area (Å²) in [5, 5.41) is 0. The molecule has 0 radical (unpaired) electrons. The second kappa shape index (κ2) is 5.37. The Balaban J connectivity index is 2.07. The first-order valence-corrected chi connectivity index (χ1v) is 6.39.